The lowest BCUT2D eigenvalue weighted by Crippen LogP contribution is -2.26. The molecule has 0 unspecified atom stereocenters. The molecule has 0 atom stereocenters. The van der Waals surface area contributed by atoms with Gasteiger partial charge in [0.1, 0.15) is 11.5 Å². The molecule has 6 nitrogen and oxygen atoms in total. The second kappa shape index (κ2) is 8.93. The summed E-state index contributed by atoms with van der Waals surface area (Å²) >= 11 is 0. The summed E-state index contributed by atoms with van der Waals surface area (Å²) in [6.45, 7) is 2.12. The average molecular weight is 386 g/mol. The van der Waals surface area contributed by atoms with Crippen LogP contribution in [0.5, 0.6) is 11.5 Å². The Labute approximate surface area is 169 Å². The quantitative estimate of drug-likeness (QED) is 0.603. The molecule has 0 saturated heterocycles. The van der Waals surface area contributed by atoms with Crippen molar-refractivity contribution in [1.82, 2.24) is 10.6 Å². The molecule has 3 aromatic rings. The Kier molecular flexibility index (Phi) is 5.71. The van der Waals surface area contributed by atoms with Gasteiger partial charge in [0.15, 0.2) is 5.96 Å². The summed E-state index contributed by atoms with van der Waals surface area (Å²) < 4.78 is 5.75. The largest absolute Gasteiger partial charge is 0.457 e. The summed E-state index contributed by atoms with van der Waals surface area (Å²) in [4.78, 5) is 16.7. The molecule has 1 heterocycles. The Morgan fingerprint density at radius 2 is 1.66 bits per heavy atom. The van der Waals surface area contributed by atoms with E-state index in [0.717, 1.165) is 36.0 Å². The third-order valence-corrected chi connectivity index (χ3v) is 4.44. The third kappa shape index (κ3) is 5.13. The molecule has 3 aromatic carbocycles. The van der Waals surface area contributed by atoms with E-state index in [1.807, 2.05) is 54.6 Å². The van der Waals surface area contributed by atoms with Gasteiger partial charge in [-0.1, -0.05) is 30.3 Å². The van der Waals surface area contributed by atoms with Crippen molar-refractivity contribution < 1.29 is 9.53 Å². The first-order valence-electron chi connectivity index (χ1n) is 9.52. The van der Waals surface area contributed by atoms with Crippen molar-refractivity contribution in [3.05, 3.63) is 90.0 Å². The molecular formula is C23H22N4O2. The van der Waals surface area contributed by atoms with Crippen LogP contribution in [0.15, 0.2) is 83.9 Å². The minimum absolute atomic E-state index is 0.122. The summed E-state index contributed by atoms with van der Waals surface area (Å²) in [6, 6.07) is 24.6. The summed E-state index contributed by atoms with van der Waals surface area (Å²) in [7, 11) is 0. The first kappa shape index (κ1) is 18.6. The molecule has 0 bridgehead atoms. The predicted molar refractivity (Wildman–Crippen MR) is 114 cm³/mol. The van der Waals surface area contributed by atoms with Gasteiger partial charge in [0.25, 0.3) is 5.91 Å². The maximum atomic E-state index is 12.4. The van der Waals surface area contributed by atoms with Crippen molar-refractivity contribution in [3.8, 4) is 11.5 Å². The monoisotopic (exact) mass is 386 g/mol. The van der Waals surface area contributed by atoms with E-state index >= 15 is 0 Å². The number of nitrogens with zero attached hydrogens (tertiary/aromatic N) is 1. The molecule has 0 saturated carbocycles. The highest BCUT2D eigenvalue weighted by atomic mass is 16.5. The van der Waals surface area contributed by atoms with Gasteiger partial charge >= 0.3 is 0 Å². The molecule has 4 rings (SSSR count). The smallest absolute Gasteiger partial charge is 0.251 e. The van der Waals surface area contributed by atoms with Crippen LogP contribution >= 0.6 is 0 Å². The Bertz CT molecular complexity index is 984. The van der Waals surface area contributed by atoms with Gasteiger partial charge in [-0.25, -0.2) is 0 Å². The van der Waals surface area contributed by atoms with E-state index in [2.05, 4.69) is 20.9 Å². The Morgan fingerprint density at radius 3 is 2.34 bits per heavy atom. The molecule has 3 N–H and O–H groups in total. The van der Waals surface area contributed by atoms with Crippen LogP contribution in [0.4, 0.5) is 5.69 Å². The van der Waals surface area contributed by atoms with Gasteiger partial charge in [-0.15, -0.1) is 0 Å². The van der Waals surface area contributed by atoms with E-state index in [-0.39, 0.29) is 5.91 Å². The van der Waals surface area contributed by atoms with Gasteiger partial charge in [-0.05, 0) is 54.1 Å². The van der Waals surface area contributed by atoms with Crippen molar-refractivity contribution in [2.75, 3.05) is 18.4 Å². The second-order valence-corrected chi connectivity index (χ2v) is 6.60. The van der Waals surface area contributed by atoms with Gasteiger partial charge in [-0.3, -0.25) is 9.79 Å². The summed E-state index contributed by atoms with van der Waals surface area (Å²) in [5.74, 6) is 2.13. The van der Waals surface area contributed by atoms with Gasteiger partial charge in [-0.2, -0.15) is 0 Å². The Balaban J connectivity index is 1.29. The number of hydrogen-bond donors (Lipinski definition) is 3. The molecule has 146 valence electrons. The van der Waals surface area contributed by atoms with Crippen molar-refractivity contribution in [1.29, 1.82) is 0 Å². The SMILES string of the molecule is O=C(NCc1ccc(NC2=NCCN2)cc1)c1ccc(Oc2ccccc2)cc1. The lowest BCUT2D eigenvalue weighted by molar-refractivity contribution is 0.0951. The molecule has 1 aliphatic rings. The van der Waals surface area contributed by atoms with E-state index in [9.17, 15) is 4.79 Å². The molecule has 0 spiro atoms. The molecule has 0 fully saturated rings. The maximum absolute atomic E-state index is 12.4. The molecular weight excluding hydrogens is 364 g/mol. The van der Waals surface area contributed by atoms with Crippen LogP contribution in [0.25, 0.3) is 0 Å². The topological polar surface area (TPSA) is 74.8 Å². The lowest BCUT2D eigenvalue weighted by Gasteiger charge is -2.09. The molecule has 0 aromatic heterocycles. The van der Waals surface area contributed by atoms with E-state index in [4.69, 9.17) is 4.74 Å². The first-order chi connectivity index (χ1) is 14.3. The number of para-hydroxylation sites is 1. The molecule has 1 aliphatic heterocycles. The lowest BCUT2D eigenvalue weighted by atomic mass is 10.1. The number of guanidine groups is 1. The number of carbonyl (C=O) groups is 1. The first-order valence-corrected chi connectivity index (χ1v) is 9.52. The van der Waals surface area contributed by atoms with Crippen LogP contribution in [0.3, 0.4) is 0 Å². The minimum Gasteiger partial charge on any atom is -0.457 e. The number of amides is 1. The zero-order valence-electron chi connectivity index (χ0n) is 15.9. The van der Waals surface area contributed by atoms with Gasteiger partial charge < -0.3 is 20.7 Å². The number of hydrogen-bond acceptors (Lipinski definition) is 5. The number of benzene rings is 3. The number of carbonyl (C=O) groups excluding carboxylic acids is 1. The van der Waals surface area contributed by atoms with Crippen molar-refractivity contribution in [2.45, 2.75) is 6.54 Å². The Morgan fingerprint density at radius 1 is 0.931 bits per heavy atom. The van der Waals surface area contributed by atoms with Crippen LogP contribution in [0.2, 0.25) is 0 Å². The predicted octanol–water partition coefficient (Wildman–Crippen LogP) is 3.78. The van der Waals surface area contributed by atoms with Gasteiger partial charge in [0, 0.05) is 24.3 Å². The van der Waals surface area contributed by atoms with Crippen molar-refractivity contribution in [3.63, 3.8) is 0 Å². The molecule has 1 amide bonds. The highest BCUT2D eigenvalue weighted by Crippen LogP contribution is 2.21. The normalized spacial score (nSPS) is 12.6. The fourth-order valence-corrected chi connectivity index (χ4v) is 2.91. The zero-order chi connectivity index (χ0) is 19.9. The van der Waals surface area contributed by atoms with Gasteiger partial charge in [0.05, 0.1) is 6.54 Å². The summed E-state index contributed by atoms with van der Waals surface area (Å²) in [6.07, 6.45) is 0. The van der Waals surface area contributed by atoms with Crippen molar-refractivity contribution in [2.24, 2.45) is 4.99 Å². The summed E-state index contributed by atoms with van der Waals surface area (Å²) in [5, 5.41) is 9.33. The number of ether oxygens (including phenoxy) is 1. The van der Waals surface area contributed by atoms with Crippen LogP contribution in [-0.4, -0.2) is 25.0 Å². The Hall–Kier alpha value is -3.80. The molecule has 0 aliphatic carbocycles. The van der Waals surface area contributed by atoms with E-state index in [1.54, 1.807) is 24.3 Å². The van der Waals surface area contributed by atoms with Crippen molar-refractivity contribution >= 4 is 17.6 Å². The second-order valence-electron chi connectivity index (χ2n) is 6.60. The number of rotatable bonds is 6. The van der Waals surface area contributed by atoms with E-state index < -0.39 is 0 Å². The van der Waals surface area contributed by atoms with Crippen LogP contribution < -0.4 is 20.7 Å². The summed E-state index contributed by atoms with van der Waals surface area (Å²) in [5.41, 5.74) is 2.57. The van der Waals surface area contributed by atoms with Gasteiger partial charge in [0.2, 0.25) is 0 Å². The highest BCUT2D eigenvalue weighted by molar-refractivity contribution is 5.95. The third-order valence-electron chi connectivity index (χ3n) is 4.44. The number of anilines is 1. The molecule has 0 radical (unpaired) electrons. The van der Waals surface area contributed by atoms with Crippen LogP contribution in [0.1, 0.15) is 15.9 Å². The van der Waals surface area contributed by atoms with Crippen LogP contribution in [0, 0.1) is 0 Å². The highest BCUT2D eigenvalue weighted by Gasteiger charge is 2.07. The zero-order valence-corrected chi connectivity index (χ0v) is 15.9. The maximum Gasteiger partial charge on any atom is 0.251 e. The minimum atomic E-state index is -0.122. The number of nitrogens with one attached hydrogen (secondary N) is 3. The number of aliphatic imine (C=N–C) groups is 1. The molecule has 6 heteroatoms. The fourth-order valence-electron chi connectivity index (χ4n) is 2.91. The van der Waals surface area contributed by atoms with E-state index in [1.165, 1.54) is 0 Å². The fraction of sp³-hybridized carbons (Fsp3) is 0.130. The van der Waals surface area contributed by atoms with E-state index in [0.29, 0.717) is 17.9 Å². The standard InChI is InChI=1S/C23H22N4O2/c28-22(18-8-12-21(13-9-18)29-20-4-2-1-3-5-20)26-16-17-6-10-19(11-7-17)27-23-24-14-15-25-23/h1-13H,14-16H2,(H,26,28)(H2,24,25,27). The average Bonchev–Trinajstić information content (AvgIpc) is 3.27. The van der Waals surface area contributed by atoms with Crippen LogP contribution in [-0.2, 0) is 6.54 Å². The molecule has 29 heavy (non-hydrogen) atoms.